The molecule has 0 atom stereocenters. The molecule has 0 radical (unpaired) electrons. The second kappa shape index (κ2) is 10.7. The molecule has 6 heteroatoms. The van der Waals surface area contributed by atoms with Gasteiger partial charge < -0.3 is 5.32 Å². The van der Waals surface area contributed by atoms with E-state index < -0.39 is 5.54 Å². The molecule has 0 unspecified atom stereocenters. The minimum atomic E-state index is -0.705. The van der Waals surface area contributed by atoms with Crippen LogP contribution in [-0.4, -0.2) is 27.4 Å². The number of fused-ring (bicyclic) bond motifs is 1. The summed E-state index contributed by atoms with van der Waals surface area (Å²) in [6, 6.07) is 34.1. The van der Waals surface area contributed by atoms with E-state index in [1.54, 1.807) is 0 Å². The number of nitrogens with one attached hydrogen (secondary N) is 1. The van der Waals surface area contributed by atoms with Crippen molar-refractivity contribution in [1.82, 2.24) is 20.1 Å². The van der Waals surface area contributed by atoms with Gasteiger partial charge in [0, 0.05) is 25.1 Å². The molecule has 0 bridgehead atoms. The van der Waals surface area contributed by atoms with Gasteiger partial charge in [-0.2, -0.15) is 5.10 Å². The van der Waals surface area contributed by atoms with Gasteiger partial charge in [0.2, 0.25) is 0 Å². The zero-order chi connectivity index (χ0) is 25.1. The Morgan fingerprint density at radius 3 is 1.83 bits per heavy atom. The predicted molar refractivity (Wildman–Crippen MR) is 157 cm³/mol. The normalized spacial score (nSPS) is 11.9. The summed E-state index contributed by atoms with van der Waals surface area (Å²) in [5, 5.41) is 10.2. The Kier molecular flexibility index (Phi) is 7.42. The summed E-state index contributed by atoms with van der Waals surface area (Å²) in [5.74, 6) is 0. The lowest BCUT2D eigenvalue weighted by Gasteiger charge is -2.37. The summed E-state index contributed by atoms with van der Waals surface area (Å²) in [4.78, 5) is 4.74. The molecule has 2 aromatic heterocycles. The van der Waals surface area contributed by atoms with Crippen LogP contribution in [-0.2, 0) is 12.0 Å². The lowest BCUT2D eigenvalue weighted by atomic mass is 9.77. The molecule has 0 aliphatic carbocycles. The maximum absolute atomic E-state index is 6.66. The molecule has 0 aliphatic heterocycles. The number of pyridine rings is 1. The lowest BCUT2D eigenvalue weighted by Crippen LogP contribution is -2.38. The number of hydrogen-bond donors (Lipinski definition) is 1. The SMILES string of the molecule is CC(C)NCCc1nc(Cl)cc2c1c(I)nn2C(c1ccccc1)(c1ccccc1)c1ccccc1. The Morgan fingerprint density at radius 2 is 1.36 bits per heavy atom. The number of halogens is 2. The van der Waals surface area contributed by atoms with Crippen molar-refractivity contribution in [3.8, 4) is 0 Å². The van der Waals surface area contributed by atoms with Crippen LogP contribution >= 0.6 is 34.2 Å². The van der Waals surface area contributed by atoms with Crippen LogP contribution in [0.1, 0.15) is 36.2 Å². The standard InChI is InChI=1S/C30H28ClIN4/c1-21(2)33-19-18-25-28-26(20-27(31)34-25)36(35-29(28)32)30(22-12-6-3-7-13-22,23-14-8-4-9-15-23)24-16-10-5-11-17-24/h3-17,20-21,33H,18-19H2,1-2H3. The summed E-state index contributed by atoms with van der Waals surface area (Å²) in [7, 11) is 0. The predicted octanol–water partition coefficient (Wildman–Crippen LogP) is 7.07. The third-order valence-corrected chi connectivity index (χ3v) is 7.42. The molecule has 0 spiro atoms. The van der Waals surface area contributed by atoms with Gasteiger partial charge in [0.05, 0.1) is 16.6 Å². The Balaban J connectivity index is 1.86. The highest BCUT2D eigenvalue weighted by Crippen LogP contribution is 2.43. The van der Waals surface area contributed by atoms with Crippen LogP contribution in [0.25, 0.3) is 10.9 Å². The number of aromatic nitrogens is 3. The summed E-state index contributed by atoms with van der Waals surface area (Å²) in [5.41, 5.74) is 4.60. The first-order chi connectivity index (χ1) is 17.5. The molecule has 36 heavy (non-hydrogen) atoms. The van der Waals surface area contributed by atoms with E-state index in [1.807, 2.05) is 6.07 Å². The molecule has 0 aliphatic rings. The van der Waals surface area contributed by atoms with Crippen LogP contribution in [0.4, 0.5) is 0 Å². The van der Waals surface area contributed by atoms with Crippen molar-refractivity contribution in [2.45, 2.75) is 31.8 Å². The van der Waals surface area contributed by atoms with E-state index in [-0.39, 0.29) is 0 Å². The Bertz CT molecular complexity index is 1350. The first-order valence-electron chi connectivity index (χ1n) is 12.2. The Hall–Kier alpha value is -2.74. The molecule has 0 amide bonds. The first kappa shape index (κ1) is 24.9. The number of nitrogens with zero attached hydrogens (tertiary/aromatic N) is 3. The molecule has 0 saturated carbocycles. The van der Waals surface area contributed by atoms with Crippen molar-refractivity contribution < 1.29 is 0 Å². The fourth-order valence-corrected chi connectivity index (χ4v) is 5.96. The fourth-order valence-electron chi connectivity index (χ4n) is 4.95. The van der Waals surface area contributed by atoms with Crippen LogP contribution in [0.15, 0.2) is 97.1 Å². The van der Waals surface area contributed by atoms with E-state index in [9.17, 15) is 0 Å². The monoisotopic (exact) mass is 606 g/mol. The number of rotatable bonds is 8. The molecule has 5 aromatic rings. The van der Waals surface area contributed by atoms with Crippen LogP contribution in [0.3, 0.4) is 0 Å². The molecular formula is C30H28ClIN4. The second-order valence-electron chi connectivity index (χ2n) is 9.16. The lowest BCUT2D eigenvalue weighted by molar-refractivity contribution is 0.473. The third-order valence-electron chi connectivity index (χ3n) is 6.47. The highest BCUT2D eigenvalue weighted by Gasteiger charge is 2.41. The van der Waals surface area contributed by atoms with Crippen LogP contribution in [0, 0.1) is 3.70 Å². The minimum Gasteiger partial charge on any atom is -0.314 e. The van der Waals surface area contributed by atoms with Crippen molar-refractivity contribution in [3.63, 3.8) is 0 Å². The van der Waals surface area contributed by atoms with Gasteiger partial charge in [-0.25, -0.2) is 9.67 Å². The zero-order valence-electron chi connectivity index (χ0n) is 20.3. The average molecular weight is 607 g/mol. The van der Waals surface area contributed by atoms with Gasteiger partial charge in [0.25, 0.3) is 0 Å². The Morgan fingerprint density at radius 1 is 0.861 bits per heavy atom. The summed E-state index contributed by atoms with van der Waals surface area (Å²) in [6.45, 7) is 5.12. The van der Waals surface area contributed by atoms with E-state index >= 15 is 0 Å². The largest absolute Gasteiger partial charge is 0.314 e. The van der Waals surface area contributed by atoms with Gasteiger partial charge in [0.1, 0.15) is 14.4 Å². The summed E-state index contributed by atoms with van der Waals surface area (Å²) in [6.07, 6.45) is 0.770. The summed E-state index contributed by atoms with van der Waals surface area (Å²) < 4.78 is 3.07. The van der Waals surface area contributed by atoms with Crippen molar-refractivity contribution in [3.05, 3.63) is 128 Å². The quantitative estimate of drug-likeness (QED) is 0.117. The third kappa shape index (κ3) is 4.56. The molecule has 5 rings (SSSR count). The summed E-state index contributed by atoms with van der Waals surface area (Å²) >= 11 is 9.00. The van der Waals surface area contributed by atoms with Crippen molar-refractivity contribution >= 4 is 45.1 Å². The second-order valence-corrected chi connectivity index (χ2v) is 10.6. The minimum absolute atomic E-state index is 0.406. The zero-order valence-corrected chi connectivity index (χ0v) is 23.2. The molecule has 182 valence electrons. The maximum Gasteiger partial charge on any atom is 0.138 e. The van der Waals surface area contributed by atoms with Gasteiger partial charge in [-0.05, 0) is 39.3 Å². The molecule has 2 heterocycles. The van der Waals surface area contributed by atoms with Crippen LogP contribution in [0.2, 0.25) is 5.15 Å². The smallest absolute Gasteiger partial charge is 0.138 e. The highest BCUT2D eigenvalue weighted by atomic mass is 127. The van der Waals surface area contributed by atoms with E-state index in [4.69, 9.17) is 21.7 Å². The van der Waals surface area contributed by atoms with E-state index in [0.29, 0.717) is 11.2 Å². The van der Waals surface area contributed by atoms with Gasteiger partial charge in [-0.15, -0.1) is 0 Å². The van der Waals surface area contributed by atoms with E-state index in [1.165, 1.54) is 0 Å². The molecule has 4 nitrogen and oxygen atoms in total. The maximum atomic E-state index is 6.66. The van der Waals surface area contributed by atoms with Gasteiger partial charge in [-0.3, -0.25) is 0 Å². The van der Waals surface area contributed by atoms with Crippen molar-refractivity contribution in [2.24, 2.45) is 0 Å². The van der Waals surface area contributed by atoms with Crippen molar-refractivity contribution in [2.75, 3.05) is 6.54 Å². The van der Waals surface area contributed by atoms with Gasteiger partial charge in [0.15, 0.2) is 0 Å². The van der Waals surface area contributed by atoms with E-state index in [0.717, 1.165) is 50.0 Å². The van der Waals surface area contributed by atoms with Gasteiger partial charge >= 0.3 is 0 Å². The number of benzene rings is 3. The first-order valence-corrected chi connectivity index (χ1v) is 13.6. The van der Waals surface area contributed by atoms with Crippen LogP contribution in [0.5, 0.6) is 0 Å². The number of hydrogen-bond acceptors (Lipinski definition) is 3. The topological polar surface area (TPSA) is 42.7 Å². The average Bonchev–Trinajstić information content (AvgIpc) is 3.22. The molecule has 3 aromatic carbocycles. The molecule has 0 saturated heterocycles. The molecular weight excluding hydrogens is 579 g/mol. The van der Waals surface area contributed by atoms with Gasteiger partial charge in [-0.1, -0.05) is 116 Å². The van der Waals surface area contributed by atoms with E-state index in [2.05, 4.69) is 137 Å². The van der Waals surface area contributed by atoms with Crippen molar-refractivity contribution in [1.29, 1.82) is 0 Å². The Labute approximate surface area is 230 Å². The fraction of sp³-hybridized carbons (Fsp3) is 0.200. The van der Waals surface area contributed by atoms with Crippen LogP contribution < -0.4 is 5.32 Å². The highest BCUT2D eigenvalue weighted by molar-refractivity contribution is 14.1. The molecule has 0 fully saturated rings. The molecule has 1 N–H and O–H groups in total.